The van der Waals surface area contributed by atoms with Gasteiger partial charge in [0.05, 0.1) is 27.2 Å². The molecule has 2 nitrogen and oxygen atoms in total. The standard InChI is InChI=1S/C22H47N2/c1-4-5-6-7-8-9-10-11-12-13-14-15-16-17-18-21-24(2,3)22-19-20-23/h20,23H,4-19,21-22H2,1-3H3/q+1. The molecule has 0 heterocycles. The van der Waals surface area contributed by atoms with Gasteiger partial charge in [0.25, 0.3) is 0 Å². The zero-order valence-electron chi connectivity index (χ0n) is 17.3. The van der Waals surface area contributed by atoms with E-state index in [0.29, 0.717) is 0 Å². The van der Waals surface area contributed by atoms with Crippen LogP contribution in [0.5, 0.6) is 0 Å². The number of rotatable bonds is 19. The van der Waals surface area contributed by atoms with Crippen molar-refractivity contribution in [2.75, 3.05) is 27.2 Å². The largest absolute Gasteiger partial charge is 0.328 e. The molecular weight excluding hydrogens is 292 g/mol. The molecule has 144 valence electrons. The number of hydrogen-bond donors (Lipinski definition) is 1. The van der Waals surface area contributed by atoms with E-state index >= 15 is 0 Å². The second-order valence-corrected chi connectivity index (χ2v) is 8.33. The molecule has 0 aromatic rings. The smallest absolute Gasteiger partial charge is 0.0832 e. The molecular formula is C22H47N2+. The van der Waals surface area contributed by atoms with E-state index in [9.17, 15) is 0 Å². The lowest BCUT2D eigenvalue weighted by atomic mass is 10.0. The maximum atomic E-state index is 7.14. The summed E-state index contributed by atoms with van der Waals surface area (Å²) in [5.74, 6) is 0. The van der Waals surface area contributed by atoms with E-state index in [1.807, 2.05) is 0 Å². The molecule has 2 heteroatoms. The third kappa shape index (κ3) is 18.0. The summed E-state index contributed by atoms with van der Waals surface area (Å²) >= 11 is 0. The van der Waals surface area contributed by atoms with Crippen LogP contribution in [0, 0.1) is 5.41 Å². The molecule has 1 N–H and O–H groups in total. The SMILES string of the molecule is CCCCCCCCCCCCCCCCC[N+](C)(C)CCC=N. The lowest BCUT2D eigenvalue weighted by molar-refractivity contribution is -0.889. The highest BCUT2D eigenvalue weighted by Crippen LogP contribution is 2.13. The fourth-order valence-corrected chi connectivity index (χ4v) is 3.44. The van der Waals surface area contributed by atoms with Crippen molar-refractivity contribution in [2.45, 2.75) is 110 Å². The van der Waals surface area contributed by atoms with Crippen LogP contribution in [0.4, 0.5) is 0 Å². The summed E-state index contributed by atoms with van der Waals surface area (Å²) in [7, 11) is 4.60. The van der Waals surface area contributed by atoms with Crippen LogP contribution in [0.3, 0.4) is 0 Å². The molecule has 0 rings (SSSR count). The first kappa shape index (κ1) is 23.6. The van der Waals surface area contributed by atoms with E-state index in [1.54, 1.807) is 6.21 Å². The Bertz CT molecular complexity index is 261. The predicted molar refractivity (Wildman–Crippen MR) is 110 cm³/mol. The van der Waals surface area contributed by atoms with E-state index in [2.05, 4.69) is 21.0 Å². The van der Waals surface area contributed by atoms with E-state index in [0.717, 1.165) is 17.4 Å². The second kappa shape index (κ2) is 17.5. The number of unbranched alkanes of at least 4 members (excludes halogenated alkanes) is 14. The van der Waals surface area contributed by atoms with Crippen molar-refractivity contribution in [3.05, 3.63) is 0 Å². The van der Waals surface area contributed by atoms with Gasteiger partial charge in [-0.3, -0.25) is 0 Å². The van der Waals surface area contributed by atoms with Gasteiger partial charge in [-0.1, -0.05) is 90.4 Å². The van der Waals surface area contributed by atoms with Crippen LogP contribution in [0.15, 0.2) is 0 Å². The van der Waals surface area contributed by atoms with Crippen LogP contribution in [-0.2, 0) is 0 Å². The fourth-order valence-electron chi connectivity index (χ4n) is 3.44. The Kier molecular flexibility index (Phi) is 17.2. The quantitative estimate of drug-likeness (QED) is 0.149. The molecule has 0 aromatic carbocycles. The van der Waals surface area contributed by atoms with E-state index in [-0.39, 0.29) is 0 Å². The third-order valence-corrected chi connectivity index (χ3v) is 5.25. The van der Waals surface area contributed by atoms with Crippen LogP contribution in [0.2, 0.25) is 0 Å². The topological polar surface area (TPSA) is 23.9 Å². The second-order valence-electron chi connectivity index (χ2n) is 8.33. The van der Waals surface area contributed by atoms with Gasteiger partial charge >= 0.3 is 0 Å². The minimum Gasteiger partial charge on any atom is -0.328 e. The Morgan fingerprint density at radius 1 is 0.583 bits per heavy atom. The molecule has 0 spiro atoms. The summed E-state index contributed by atoms with van der Waals surface area (Å²) in [6.45, 7) is 4.68. The van der Waals surface area contributed by atoms with Gasteiger partial charge in [0, 0.05) is 12.6 Å². The minimum absolute atomic E-state index is 0.922. The summed E-state index contributed by atoms with van der Waals surface area (Å²) < 4.78 is 1.08. The Labute approximate surface area is 153 Å². The molecule has 0 fully saturated rings. The van der Waals surface area contributed by atoms with Gasteiger partial charge in [-0.15, -0.1) is 0 Å². The molecule has 0 aliphatic rings. The number of hydrogen-bond acceptors (Lipinski definition) is 1. The Hall–Kier alpha value is -0.370. The van der Waals surface area contributed by atoms with Gasteiger partial charge in [-0.25, -0.2) is 0 Å². The van der Waals surface area contributed by atoms with E-state index < -0.39 is 0 Å². The Morgan fingerprint density at radius 3 is 1.33 bits per heavy atom. The van der Waals surface area contributed by atoms with Crippen molar-refractivity contribution in [3.63, 3.8) is 0 Å². The first-order valence-corrected chi connectivity index (χ1v) is 10.9. The molecule has 0 aliphatic carbocycles. The van der Waals surface area contributed by atoms with Crippen molar-refractivity contribution in [1.29, 1.82) is 5.41 Å². The Balaban J connectivity index is 3.16. The lowest BCUT2D eigenvalue weighted by Crippen LogP contribution is -2.41. The highest BCUT2D eigenvalue weighted by molar-refractivity contribution is 5.52. The molecule has 0 bridgehead atoms. The highest BCUT2D eigenvalue weighted by atomic mass is 15.3. The number of nitrogens with zero attached hydrogens (tertiary/aromatic N) is 1. The zero-order chi connectivity index (χ0) is 17.9. The lowest BCUT2D eigenvalue weighted by Gasteiger charge is -2.29. The molecule has 24 heavy (non-hydrogen) atoms. The van der Waals surface area contributed by atoms with Gasteiger partial charge in [0.1, 0.15) is 0 Å². The van der Waals surface area contributed by atoms with Crippen LogP contribution in [0.25, 0.3) is 0 Å². The molecule has 0 aromatic heterocycles. The van der Waals surface area contributed by atoms with Crippen LogP contribution in [-0.4, -0.2) is 37.9 Å². The first-order chi connectivity index (χ1) is 11.6. The maximum Gasteiger partial charge on any atom is 0.0832 e. The molecule has 0 aliphatic heterocycles. The van der Waals surface area contributed by atoms with Gasteiger partial charge < -0.3 is 9.89 Å². The molecule has 0 saturated carbocycles. The van der Waals surface area contributed by atoms with Crippen molar-refractivity contribution in [1.82, 2.24) is 0 Å². The van der Waals surface area contributed by atoms with Crippen molar-refractivity contribution >= 4 is 6.21 Å². The summed E-state index contributed by atoms with van der Waals surface area (Å²) in [5, 5.41) is 7.14. The van der Waals surface area contributed by atoms with Gasteiger partial charge in [0.2, 0.25) is 0 Å². The fraction of sp³-hybridized carbons (Fsp3) is 0.955. The predicted octanol–water partition coefficient (Wildman–Crippen LogP) is 6.97. The van der Waals surface area contributed by atoms with Crippen molar-refractivity contribution < 1.29 is 4.48 Å². The molecule has 0 radical (unpaired) electrons. The van der Waals surface area contributed by atoms with Crippen LogP contribution >= 0.6 is 0 Å². The number of quaternary nitrogens is 1. The molecule has 0 saturated heterocycles. The first-order valence-electron chi connectivity index (χ1n) is 10.9. The minimum atomic E-state index is 0.922. The summed E-state index contributed by atoms with van der Waals surface area (Å²) in [5.41, 5.74) is 0. The number of nitrogens with one attached hydrogen (secondary N) is 1. The molecule has 0 unspecified atom stereocenters. The van der Waals surface area contributed by atoms with Crippen LogP contribution in [0.1, 0.15) is 110 Å². The van der Waals surface area contributed by atoms with Crippen LogP contribution < -0.4 is 0 Å². The van der Waals surface area contributed by atoms with Gasteiger partial charge in [-0.05, 0) is 12.8 Å². The Morgan fingerprint density at radius 2 is 0.958 bits per heavy atom. The van der Waals surface area contributed by atoms with E-state index in [4.69, 9.17) is 5.41 Å². The zero-order valence-corrected chi connectivity index (χ0v) is 17.3. The molecule has 0 atom stereocenters. The summed E-state index contributed by atoms with van der Waals surface area (Å²) in [4.78, 5) is 0. The average molecular weight is 340 g/mol. The molecule has 0 amide bonds. The average Bonchev–Trinajstić information content (AvgIpc) is 2.56. The van der Waals surface area contributed by atoms with Gasteiger partial charge in [-0.2, -0.15) is 0 Å². The monoisotopic (exact) mass is 339 g/mol. The highest BCUT2D eigenvalue weighted by Gasteiger charge is 2.12. The third-order valence-electron chi connectivity index (χ3n) is 5.25. The maximum absolute atomic E-state index is 7.14. The van der Waals surface area contributed by atoms with Crippen molar-refractivity contribution in [3.8, 4) is 0 Å². The van der Waals surface area contributed by atoms with Gasteiger partial charge in [0.15, 0.2) is 0 Å². The summed E-state index contributed by atoms with van der Waals surface area (Å²) in [6, 6.07) is 0. The van der Waals surface area contributed by atoms with E-state index in [1.165, 1.54) is 103 Å². The summed E-state index contributed by atoms with van der Waals surface area (Å²) in [6.07, 6.45) is 24.0. The van der Waals surface area contributed by atoms with Crippen molar-refractivity contribution in [2.24, 2.45) is 0 Å². The normalized spacial score (nSPS) is 11.8.